The molecule has 7 unspecified atom stereocenters. The van der Waals surface area contributed by atoms with E-state index in [2.05, 4.69) is 5.32 Å². The third-order valence-corrected chi connectivity index (χ3v) is 6.69. The van der Waals surface area contributed by atoms with Crippen LogP contribution in [0.25, 0.3) is 0 Å². The molecule has 4 saturated carbocycles. The van der Waals surface area contributed by atoms with Crippen LogP contribution in [0, 0.1) is 29.6 Å². The molecular formula is C16H27NO. The number of hydrogen-bond donors (Lipinski definition) is 2. The fraction of sp³-hybridized carbons (Fsp3) is 1.00. The summed E-state index contributed by atoms with van der Waals surface area (Å²) in [6.45, 7) is 1.08. The second-order valence-corrected chi connectivity index (χ2v) is 7.43. The summed E-state index contributed by atoms with van der Waals surface area (Å²) >= 11 is 0. The Hall–Kier alpha value is -0.0800. The summed E-state index contributed by atoms with van der Waals surface area (Å²) in [6, 6.07) is 0.794. The first-order valence-corrected chi connectivity index (χ1v) is 8.24. The zero-order chi connectivity index (χ0) is 12.1. The highest BCUT2D eigenvalue weighted by Gasteiger charge is 2.53. The van der Waals surface area contributed by atoms with E-state index in [1.54, 1.807) is 0 Å². The smallest absolute Gasteiger partial charge is 0.0580 e. The van der Waals surface area contributed by atoms with E-state index in [4.69, 9.17) is 0 Å². The molecule has 0 aliphatic heterocycles. The lowest BCUT2D eigenvalue weighted by Crippen LogP contribution is -2.42. The summed E-state index contributed by atoms with van der Waals surface area (Å²) < 4.78 is 0. The highest BCUT2D eigenvalue weighted by molar-refractivity contribution is 5.05. The van der Waals surface area contributed by atoms with Gasteiger partial charge in [0.2, 0.25) is 0 Å². The van der Waals surface area contributed by atoms with Gasteiger partial charge in [0.1, 0.15) is 0 Å². The Morgan fingerprint density at radius 1 is 0.889 bits per heavy atom. The van der Waals surface area contributed by atoms with E-state index in [1.807, 2.05) is 0 Å². The Balaban J connectivity index is 1.34. The minimum absolute atomic E-state index is 0.0182. The van der Waals surface area contributed by atoms with Crippen LogP contribution in [0.1, 0.15) is 51.4 Å². The predicted molar refractivity (Wildman–Crippen MR) is 72.2 cm³/mol. The molecule has 18 heavy (non-hydrogen) atoms. The van der Waals surface area contributed by atoms with Crippen molar-refractivity contribution in [3.63, 3.8) is 0 Å². The van der Waals surface area contributed by atoms with Gasteiger partial charge in [-0.1, -0.05) is 12.8 Å². The van der Waals surface area contributed by atoms with Gasteiger partial charge in [0.15, 0.2) is 0 Å². The van der Waals surface area contributed by atoms with Crippen LogP contribution in [-0.2, 0) is 0 Å². The lowest BCUT2D eigenvalue weighted by atomic mass is 9.79. The molecule has 0 amide bonds. The van der Waals surface area contributed by atoms with Gasteiger partial charge in [-0.25, -0.2) is 0 Å². The van der Waals surface area contributed by atoms with Crippen LogP contribution in [0.3, 0.4) is 0 Å². The third kappa shape index (κ3) is 1.76. The fourth-order valence-corrected chi connectivity index (χ4v) is 5.86. The number of aliphatic hydroxyl groups excluding tert-OH is 1. The van der Waals surface area contributed by atoms with E-state index in [0.717, 1.165) is 42.7 Å². The third-order valence-electron chi connectivity index (χ3n) is 6.69. The zero-order valence-electron chi connectivity index (χ0n) is 11.4. The van der Waals surface area contributed by atoms with Gasteiger partial charge in [0.25, 0.3) is 0 Å². The lowest BCUT2D eigenvalue weighted by Gasteiger charge is -2.33. The molecule has 4 rings (SSSR count). The molecule has 2 bridgehead atoms. The number of rotatable bonds is 3. The maximum atomic E-state index is 9.90. The molecule has 0 aromatic heterocycles. The number of hydrogen-bond acceptors (Lipinski definition) is 2. The molecule has 0 saturated heterocycles. The Kier molecular flexibility index (Phi) is 2.92. The number of fused-ring (bicyclic) bond motifs is 5. The van der Waals surface area contributed by atoms with Crippen molar-refractivity contribution in [3.8, 4) is 0 Å². The minimum Gasteiger partial charge on any atom is -0.393 e. The second kappa shape index (κ2) is 4.49. The SMILES string of the molecule is OC1CCCC1CNC1CC2CC1C1CCCC21. The lowest BCUT2D eigenvalue weighted by molar-refractivity contribution is 0.123. The van der Waals surface area contributed by atoms with E-state index < -0.39 is 0 Å². The molecule has 0 radical (unpaired) electrons. The van der Waals surface area contributed by atoms with E-state index in [1.165, 1.54) is 44.9 Å². The van der Waals surface area contributed by atoms with Crippen molar-refractivity contribution < 1.29 is 5.11 Å². The summed E-state index contributed by atoms with van der Waals surface area (Å²) in [5, 5.41) is 13.7. The monoisotopic (exact) mass is 249 g/mol. The van der Waals surface area contributed by atoms with Gasteiger partial charge in [-0.2, -0.15) is 0 Å². The summed E-state index contributed by atoms with van der Waals surface area (Å²) in [5.74, 6) is 4.75. The van der Waals surface area contributed by atoms with Crippen LogP contribution >= 0.6 is 0 Å². The van der Waals surface area contributed by atoms with Gasteiger partial charge in [-0.15, -0.1) is 0 Å². The van der Waals surface area contributed by atoms with Gasteiger partial charge < -0.3 is 10.4 Å². The van der Waals surface area contributed by atoms with E-state index in [0.29, 0.717) is 5.92 Å². The molecule has 7 atom stereocenters. The van der Waals surface area contributed by atoms with Crippen molar-refractivity contribution in [2.75, 3.05) is 6.54 Å². The normalized spacial score (nSPS) is 54.2. The van der Waals surface area contributed by atoms with Crippen molar-refractivity contribution in [1.82, 2.24) is 5.32 Å². The first-order chi connectivity index (χ1) is 8.83. The number of aliphatic hydroxyl groups is 1. The molecule has 0 aromatic carbocycles. The molecule has 4 aliphatic rings. The molecule has 2 heteroatoms. The minimum atomic E-state index is -0.0182. The first-order valence-electron chi connectivity index (χ1n) is 8.24. The molecule has 102 valence electrons. The van der Waals surface area contributed by atoms with Crippen molar-refractivity contribution in [2.24, 2.45) is 29.6 Å². The van der Waals surface area contributed by atoms with Crippen LogP contribution in [0.2, 0.25) is 0 Å². The maximum absolute atomic E-state index is 9.90. The average molecular weight is 249 g/mol. The van der Waals surface area contributed by atoms with Gasteiger partial charge in [0.05, 0.1) is 6.10 Å². The average Bonchev–Trinajstić information content (AvgIpc) is 3.08. The molecule has 4 fully saturated rings. The Morgan fingerprint density at radius 3 is 2.56 bits per heavy atom. The Morgan fingerprint density at radius 2 is 1.72 bits per heavy atom. The number of nitrogens with one attached hydrogen (secondary N) is 1. The van der Waals surface area contributed by atoms with Gasteiger partial charge in [0, 0.05) is 12.6 Å². The molecule has 4 aliphatic carbocycles. The van der Waals surface area contributed by atoms with Crippen molar-refractivity contribution in [2.45, 2.75) is 63.5 Å². The standard InChI is InChI=1S/C16H27NO/c18-16-6-1-3-10(16)9-17-15-8-11-7-14(15)13-5-2-4-12(11)13/h10-18H,1-9H2. The molecule has 0 heterocycles. The largest absolute Gasteiger partial charge is 0.393 e. The molecule has 0 aromatic rings. The van der Waals surface area contributed by atoms with Crippen molar-refractivity contribution in [3.05, 3.63) is 0 Å². The Bertz CT molecular complexity index is 318. The Labute approximate surface area is 111 Å². The second-order valence-electron chi connectivity index (χ2n) is 7.43. The zero-order valence-corrected chi connectivity index (χ0v) is 11.4. The fourth-order valence-electron chi connectivity index (χ4n) is 5.86. The predicted octanol–water partition coefficient (Wildman–Crippen LogP) is 2.56. The summed E-state index contributed by atoms with van der Waals surface area (Å²) in [7, 11) is 0. The van der Waals surface area contributed by atoms with E-state index in [-0.39, 0.29) is 6.10 Å². The highest BCUT2D eigenvalue weighted by Crippen LogP contribution is 2.58. The van der Waals surface area contributed by atoms with Crippen LogP contribution in [-0.4, -0.2) is 23.8 Å². The summed E-state index contributed by atoms with van der Waals surface area (Å²) in [4.78, 5) is 0. The van der Waals surface area contributed by atoms with Gasteiger partial charge in [-0.05, 0) is 68.1 Å². The van der Waals surface area contributed by atoms with Gasteiger partial charge in [-0.3, -0.25) is 0 Å². The first kappa shape index (κ1) is 11.7. The van der Waals surface area contributed by atoms with Gasteiger partial charge >= 0.3 is 0 Å². The van der Waals surface area contributed by atoms with Crippen LogP contribution in [0.15, 0.2) is 0 Å². The molecule has 2 N–H and O–H groups in total. The summed E-state index contributed by atoms with van der Waals surface area (Å²) in [6.07, 6.45) is 11.0. The molecule has 0 spiro atoms. The van der Waals surface area contributed by atoms with E-state index >= 15 is 0 Å². The van der Waals surface area contributed by atoms with Crippen molar-refractivity contribution in [1.29, 1.82) is 0 Å². The topological polar surface area (TPSA) is 32.3 Å². The highest BCUT2D eigenvalue weighted by atomic mass is 16.3. The van der Waals surface area contributed by atoms with Crippen LogP contribution in [0.5, 0.6) is 0 Å². The maximum Gasteiger partial charge on any atom is 0.0580 e. The molecule has 2 nitrogen and oxygen atoms in total. The molecular weight excluding hydrogens is 222 g/mol. The van der Waals surface area contributed by atoms with Crippen LogP contribution in [0.4, 0.5) is 0 Å². The van der Waals surface area contributed by atoms with Crippen molar-refractivity contribution >= 4 is 0 Å². The quantitative estimate of drug-likeness (QED) is 0.805. The van der Waals surface area contributed by atoms with E-state index in [9.17, 15) is 5.11 Å². The van der Waals surface area contributed by atoms with Crippen LogP contribution < -0.4 is 5.32 Å². The summed E-state index contributed by atoms with van der Waals surface area (Å²) in [5.41, 5.74) is 0.